The van der Waals surface area contributed by atoms with Crippen LogP contribution in [0.4, 0.5) is 13.2 Å². The molecule has 2 rings (SSSR count). The Bertz CT molecular complexity index is 710. The lowest BCUT2D eigenvalue weighted by molar-refractivity contribution is -0.137. The van der Waals surface area contributed by atoms with E-state index in [1.165, 1.54) is 12.1 Å². The minimum Gasteiger partial charge on any atom is -0.356 e. The highest BCUT2D eigenvalue weighted by Crippen LogP contribution is 2.29. The number of aryl methyl sites for hydroxylation is 1. The zero-order chi connectivity index (χ0) is 18.4. The molecule has 1 N–H and O–H groups in total. The number of hydrogen-bond acceptors (Lipinski definition) is 2. The van der Waals surface area contributed by atoms with E-state index < -0.39 is 11.7 Å². The lowest BCUT2D eigenvalue weighted by Gasteiger charge is -2.22. The molecule has 1 aromatic carbocycles. The first-order chi connectivity index (χ1) is 11.8. The maximum atomic E-state index is 12.6. The van der Waals surface area contributed by atoms with Crippen LogP contribution in [0.2, 0.25) is 0 Å². The summed E-state index contributed by atoms with van der Waals surface area (Å²) in [7, 11) is 5.39. The zero-order valence-electron chi connectivity index (χ0n) is 14.9. The Morgan fingerprint density at radius 2 is 1.88 bits per heavy atom. The summed E-state index contributed by atoms with van der Waals surface area (Å²) in [6.07, 6.45) is 0.266. The molecule has 0 aliphatic heterocycles. The Balaban J connectivity index is 0.00000338. The van der Waals surface area contributed by atoms with Gasteiger partial charge in [-0.1, -0.05) is 12.1 Å². The van der Waals surface area contributed by atoms with E-state index in [0.29, 0.717) is 19.0 Å². The summed E-state index contributed by atoms with van der Waals surface area (Å²) < 4.78 is 39.6. The van der Waals surface area contributed by atoms with Gasteiger partial charge in [0.2, 0.25) is 0 Å². The SMILES string of the molecule is CN=C(NCCc1cnn(C)c1)N(C)Cc1ccc(C(F)(F)F)cc1.I. The minimum absolute atomic E-state index is 0. The van der Waals surface area contributed by atoms with Crippen LogP contribution in [0.5, 0.6) is 0 Å². The molecule has 1 aromatic heterocycles. The molecule has 0 aliphatic carbocycles. The molecule has 0 saturated carbocycles. The largest absolute Gasteiger partial charge is 0.416 e. The average Bonchev–Trinajstić information content (AvgIpc) is 2.96. The van der Waals surface area contributed by atoms with E-state index in [1.807, 2.05) is 31.4 Å². The molecular weight excluding hydrogens is 458 g/mol. The number of halogens is 4. The fourth-order valence-electron chi connectivity index (χ4n) is 2.45. The van der Waals surface area contributed by atoms with Crippen LogP contribution in [-0.2, 0) is 26.2 Å². The van der Waals surface area contributed by atoms with Gasteiger partial charge in [-0.2, -0.15) is 18.3 Å². The van der Waals surface area contributed by atoms with Gasteiger partial charge in [-0.25, -0.2) is 0 Å². The Hall–Kier alpha value is -1.78. The highest BCUT2D eigenvalue weighted by molar-refractivity contribution is 14.0. The van der Waals surface area contributed by atoms with Gasteiger partial charge in [-0.15, -0.1) is 24.0 Å². The number of aliphatic imine (C=N–C) groups is 1. The predicted octanol–water partition coefficient (Wildman–Crippen LogP) is 3.31. The zero-order valence-corrected chi connectivity index (χ0v) is 17.2. The van der Waals surface area contributed by atoms with Crippen molar-refractivity contribution >= 4 is 29.9 Å². The first-order valence-electron chi connectivity index (χ1n) is 7.85. The molecule has 0 aliphatic rings. The van der Waals surface area contributed by atoms with Gasteiger partial charge in [0, 0.05) is 40.4 Å². The molecule has 0 unspecified atom stereocenters. The summed E-state index contributed by atoms with van der Waals surface area (Å²) in [5.41, 5.74) is 1.26. The third-order valence-corrected chi connectivity index (χ3v) is 3.73. The summed E-state index contributed by atoms with van der Waals surface area (Å²) in [4.78, 5) is 6.07. The molecule has 0 saturated heterocycles. The second-order valence-corrected chi connectivity index (χ2v) is 5.80. The smallest absolute Gasteiger partial charge is 0.356 e. The van der Waals surface area contributed by atoms with E-state index in [-0.39, 0.29) is 24.0 Å². The molecule has 2 aromatic rings. The number of hydrogen-bond donors (Lipinski definition) is 1. The van der Waals surface area contributed by atoms with E-state index in [4.69, 9.17) is 0 Å². The molecular formula is C17H23F3IN5. The second kappa shape index (κ2) is 9.79. The van der Waals surface area contributed by atoms with Gasteiger partial charge in [0.25, 0.3) is 0 Å². The van der Waals surface area contributed by atoms with Crippen molar-refractivity contribution < 1.29 is 13.2 Å². The second-order valence-electron chi connectivity index (χ2n) is 5.80. The van der Waals surface area contributed by atoms with Crippen LogP contribution in [0.1, 0.15) is 16.7 Å². The van der Waals surface area contributed by atoms with Crippen LogP contribution in [0, 0.1) is 0 Å². The number of nitrogens with zero attached hydrogens (tertiary/aromatic N) is 4. The molecule has 0 fully saturated rings. The number of rotatable bonds is 5. The number of benzene rings is 1. The maximum Gasteiger partial charge on any atom is 0.416 e. The van der Waals surface area contributed by atoms with Crippen molar-refractivity contribution in [1.82, 2.24) is 20.0 Å². The summed E-state index contributed by atoms with van der Waals surface area (Å²) >= 11 is 0. The van der Waals surface area contributed by atoms with Gasteiger partial charge in [-0.3, -0.25) is 9.67 Å². The third kappa shape index (κ3) is 6.50. The first kappa shape index (κ1) is 22.3. The third-order valence-electron chi connectivity index (χ3n) is 3.73. The van der Waals surface area contributed by atoms with Crippen LogP contribution in [0.15, 0.2) is 41.7 Å². The van der Waals surface area contributed by atoms with Gasteiger partial charge in [-0.05, 0) is 29.7 Å². The van der Waals surface area contributed by atoms with E-state index in [0.717, 1.165) is 29.7 Å². The van der Waals surface area contributed by atoms with Crippen LogP contribution in [0.25, 0.3) is 0 Å². The Morgan fingerprint density at radius 1 is 1.23 bits per heavy atom. The predicted molar refractivity (Wildman–Crippen MR) is 107 cm³/mol. The summed E-state index contributed by atoms with van der Waals surface area (Å²) in [5.74, 6) is 0.684. The molecule has 0 spiro atoms. The summed E-state index contributed by atoms with van der Waals surface area (Å²) in [5, 5.41) is 7.36. The highest BCUT2D eigenvalue weighted by atomic mass is 127. The topological polar surface area (TPSA) is 45.5 Å². The van der Waals surface area contributed by atoms with E-state index in [9.17, 15) is 13.2 Å². The van der Waals surface area contributed by atoms with Crippen molar-refractivity contribution in [3.8, 4) is 0 Å². The molecule has 26 heavy (non-hydrogen) atoms. The van der Waals surface area contributed by atoms with Gasteiger partial charge >= 0.3 is 6.18 Å². The van der Waals surface area contributed by atoms with Gasteiger partial charge in [0.05, 0.1) is 11.8 Å². The van der Waals surface area contributed by atoms with Crippen LogP contribution in [-0.4, -0.2) is 41.3 Å². The number of guanidine groups is 1. The highest BCUT2D eigenvalue weighted by Gasteiger charge is 2.29. The van der Waals surface area contributed by atoms with Crippen molar-refractivity contribution in [3.63, 3.8) is 0 Å². The molecule has 5 nitrogen and oxygen atoms in total. The normalized spacial score (nSPS) is 11.8. The number of aromatic nitrogens is 2. The monoisotopic (exact) mass is 481 g/mol. The standard InChI is InChI=1S/C17H22F3N5.HI/c1-21-16(22-9-8-14-10-23-25(3)12-14)24(2)11-13-4-6-15(7-5-13)17(18,19)20;/h4-7,10,12H,8-9,11H2,1-3H3,(H,21,22);1H. The summed E-state index contributed by atoms with van der Waals surface area (Å²) in [6.45, 7) is 1.15. The lowest BCUT2D eigenvalue weighted by atomic mass is 10.1. The number of nitrogens with one attached hydrogen (secondary N) is 1. The van der Waals surface area contributed by atoms with Crippen molar-refractivity contribution in [2.45, 2.75) is 19.1 Å². The lowest BCUT2D eigenvalue weighted by Crippen LogP contribution is -2.39. The van der Waals surface area contributed by atoms with Crippen molar-refractivity contribution in [3.05, 3.63) is 53.3 Å². The van der Waals surface area contributed by atoms with Gasteiger partial charge < -0.3 is 10.2 Å². The molecule has 0 atom stereocenters. The van der Waals surface area contributed by atoms with Crippen molar-refractivity contribution in [2.24, 2.45) is 12.0 Å². The number of alkyl halides is 3. The van der Waals surface area contributed by atoms with Gasteiger partial charge in [0.1, 0.15) is 0 Å². The van der Waals surface area contributed by atoms with E-state index in [1.54, 1.807) is 11.7 Å². The molecule has 144 valence electrons. The van der Waals surface area contributed by atoms with Crippen LogP contribution >= 0.6 is 24.0 Å². The molecule has 0 bridgehead atoms. The van der Waals surface area contributed by atoms with Gasteiger partial charge in [0.15, 0.2) is 5.96 Å². The maximum absolute atomic E-state index is 12.6. The fourth-order valence-corrected chi connectivity index (χ4v) is 2.45. The van der Waals surface area contributed by atoms with Crippen LogP contribution < -0.4 is 5.32 Å². The first-order valence-corrected chi connectivity index (χ1v) is 7.85. The average molecular weight is 481 g/mol. The van der Waals surface area contributed by atoms with E-state index >= 15 is 0 Å². The van der Waals surface area contributed by atoms with Crippen molar-refractivity contribution in [1.29, 1.82) is 0 Å². The molecule has 0 amide bonds. The quantitative estimate of drug-likeness (QED) is 0.405. The van der Waals surface area contributed by atoms with Crippen LogP contribution in [0.3, 0.4) is 0 Å². The molecule has 0 radical (unpaired) electrons. The Kier molecular flexibility index (Phi) is 8.38. The van der Waals surface area contributed by atoms with Crippen molar-refractivity contribution in [2.75, 3.05) is 20.6 Å². The molecule has 1 heterocycles. The fraction of sp³-hybridized carbons (Fsp3) is 0.412. The molecule has 9 heteroatoms. The summed E-state index contributed by atoms with van der Waals surface area (Å²) in [6, 6.07) is 5.17. The van der Waals surface area contributed by atoms with E-state index in [2.05, 4.69) is 15.4 Å². The Labute approximate surface area is 168 Å². The minimum atomic E-state index is -4.31. The Morgan fingerprint density at radius 3 is 2.38 bits per heavy atom.